The molecule has 3 unspecified atom stereocenters. The van der Waals surface area contributed by atoms with Crippen LogP contribution in [0.3, 0.4) is 0 Å². The van der Waals surface area contributed by atoms with Crippen molar-refractivity contribution in [2.24, 2.45) is 11.1 Å². The lowest BCUT2D eigenvalue weighted by Gasteiger charge is -2.35. The Hall–Kier alpha value is -4.73. The minimum Gasteiger partial charge on any atom is -0.490 e. The number of nitrogens with two attached hydrogens (primary N) is 1. The van der Waals surface area contributed by atoms with Gasteiger partial charge in [0.05, 0.1) is 39.3 Å². The number of halogens is 1. The molecule has 14 nitrogen and oxygen atoms in total. The molecule has 5 atom stereocenters. The van der Waals surface area contributed by atoms with Gasteiger partial charge in [-0.1, -0.05) is 68.8 Å². The number of carbonyl (C=O) groups is 5. The first-order valence-electron chi connectivity index (χ1n) is 19.9. The number of rotatable bonds is 17. The molecule has 16 heteroatoms. The molecule has 1 aromatic heterocycles. The normalized spacial score (nSPS) is 17.1. The van der Waals surface area contributed by atoms with E-state index in [0.29, 0.717) is 23.6 Å². The Balaban J connectivity index is 1.34. The lowest BCUT2D eigenvalue weighted by atomic mass is 9.85. The standard InChI is InChI=1S/C43H59ClN6O8S/c1-25(27-15-17-29(18-16-27)37-26(2)46-24-59-37)47-39(54)32-21-31(51)22-50(32)40(55)38(42(3,4)5)49-35(53)14-10-12-28-11-9-13-33(36(28)44)57-23-30(19-20-34(45)52)48-41(56)58-43(6,7)8/h9,11,13,15-18,24-25,30-32,38,51H,10,12,14,19-23H2,1-8H3,(H2,45,52)(H,47,54)(H,48,56)(H,49,53)/t25?,30?,31-,32+,38?/m1/s1. The number of hydrogen-bond acceptors (Lipinski definition) is 10. The largest absolute Gasteiger partial charge is 0.490 e. The number of aryl methyl sites for hydroxylation is 2. The second-order valence-electron chi connectivity index (χ2n) is 17.1. The van der Waals surface area contributed by atoms with Crippen molar-refractivity contribution in [3.05, 3.63) is 69.8 Å². The molecule has 4 rings (SSSR count). The zero-order chi connectivity index (χ0) is 43.7. The highest BCUT2D eigenvalue weighted by atomic mass is 35.5. The average Bonchev–Trinajstić information content (AvgIpc) is 3.76. The highest BCUT2D eigenvalue weighted by Crippen LogP contribution is 2.31. The minimum atomic E-state index is -0.965. The third kappa shape index (κ3) is 13.9. The Kier molecular flexibility index (Phi) is 16.3. The second-order valence-corrected chi connectivity index (χ2v) is 18.4. The van der Waals surface area contributed by atoms with Gasteiger partial charge in [0, 0.05) is 25.8 Å². The van der Waals surface area contributed by atoms with Gasteiger partial charge in [0.25, 0.3) is 0 Å². The lowest BCUT2D eigenvalue weighted by molar-refractivity contribution is -0.144. The van der Waals surface area contributed by atoms with Gasteiger partial charge in [-0.2, -0.15) is 0 Å². The number of carbonyl (C=O) groups excluding carboxylic acids is 5. The summed E-state index contributed by atoms with van der Waals surface area (Å²) in [7, 11) is 0. The van der Waals surface area contributed by atoms with Crippen LogP contribution >= 0.6 is 22.9 Å². The summed E-state index contributed by atoms with van der Waals surface area (Å²) in [6, 6.07) is 10.3. The van der Waals surface area contributed by atoms with Gasteiger partial charge in [-0.05, 0) is 82.1 Å². The highest BCUT2D eigenvalue weighted by molar-refractivity contribution is 7.13. The Labute approximate surface area is 355 Å². The Morgan fingerprint density at radius 1 is 1.02 bits per heavy atom. The fourth-order valence-electron chi connectivity index (χ4n) is 6.73. The van der Waals surface area contributed by atoms with Crippen LogP contribution in [0, 0.1) is 12.3 Å². The maximum atomic E-state index is 14.1. The van der Waals surface area contributed by atoms with Crippen LogP contribution in [0.2, 0.25) is 5.02 Å². The summed E-state index contributed by atoms with van der Waals surface area (Å²) in [6.45, 7) is 14.5. The molecular weight excluding hydrogens is 796 g/mol. The molecule has 2 aromatic carbocycles. The van der Waals surface area contributed by atoms with Crippen LogP contribution in [0.4, 0.5) is 4.79 Å². The molecule has 322 valence electrons. The Morgan fingerprint density at radius 2 is 1.71 bits per heavy atom. The van der Waals surface area contributed by atoms with E-state index in [1.54, 1.807) is 44.2 Å². The van der Waals surface area contributed by atoms with Gasteiger partial charge in [0.15, 0.2) is 0 Å². The number of aliphatic hydroxyl groups is 1. The monoisotopic (exact) mass is 854 g/mol. The van der Waals surface area contributed by atoms with Crippen molar-refractivity contribution in [1.29, 1.82) is 0 Å². The molecule has 3 aromatic rings. The molecule has 59 heavy (non-hydrogen) atoms. The van der Waals surface area contributed by atoms with Crippen LogP contribution in [-0.4, -0.2) is 87.7 Å². The van der Waals surface area contributed by atoms with Gasteiger partial charge in [0.2, 0.25) is 23.6 Å². The first kappa shape index (κ1) is 47.0. The van der Waals surface area contributed by atoms with Crippen molar-refractivity contribution >= 4 is 52.7 Å². The van der Waals surface area contributed by atoms with Crippen molar-refractivity contribution in [2.75, 3.05) is 13.2 Å². The lowest BCUT2D eigenvalue weighted by Crippen LogP contribution is -2.57. The van der Waals surface area contributed by atoms with E-state index in [2.05, 4.69) is 20.9 Å². The fourth-order valence-corrected chi connectivity index (χ4v) is 7.81. The number of primary amides is 1. The van der Waals surface area contributed by atoms with Gasteiger partial charge in [-0.15, -0.1) is 11.3 Å². The van der Waals surface area contributed by atoms with Gasteiger partial charge >= 0.3 is 6.09 Å². The fraction of sp³-hybridized carbons (Fsp3) is 0.535. The molecule has 0 saturated carbocycles. The van der Waals surface area contributed by atoms with E-state index in [0.717, 1.165) is 27.3 Å². The number of nitrogens with zero attached hydrogens (tertiary/aromatic N) is 2. The van der Waals surface area contributed by atoms with E-state index in [-0.39, 0.29) is 56.7 Å². The quantitative estimate of drug-likeness (QED) is 0.108. The summed E-state index contributed by atoms with van der Waals surface area (Å²) in [4.78, 5) is 71.8. The number of hydrogen-bond donors (Lipinski definition) is 5. The van der Waals surface area contributed by atoms with Crippen molar-refractivity contribution < 1.29 is 38.6 Å². The maximum absolute atomic E-state index is 14.1. The van der Waals surface area contributed by atoms with Crippen LogP contribution in [-0.2, 0) is 30.3 Å². The molecule has 1 saturated heterocycles. The number of alkyl carbamates (subject to hydrolysis) is 1. The van der Waals surface area contributed by atoms with Crippen molar-refractivity contribution in [3.63, 3.8) is 0 Å². The Morgan fingerprint density at radius 3 is 2.32 bits per heavy atom. The average molecular weight is 855 g/mol. The van der Waals surface area contributed by atoms with E-state index < -0.39 is 53.2 Å². The van der Waals surface area contributed by atoms with E-state index in [9.17, 15) is 29.1 Å². The molecule has 0 spiro atoms. The molecule has 0 radical (unpaired) electrons. The number of amides is 5. The number of benzene rings is 2. The predicted octanol–water partition coefficient (Wildman–Crippen LogP) is 6.00. The van der Waals surface area contributed by atoms with Gasteiger partial charge in [-0.3, -0.25) is 19.2 Å². The molecule has 0 bridgehead atoms. The SMILES string of the molecule is Cc1ncsc1-c1ccc(C(C)NC(=O)[C@@H]2C[C@@H](O)CN2C(=O)C(NC(=O)CCCc2cccc(OCC(CCC(N)=O)NC(=O)OC(C)(C)C)c2Cl)C(C)(C)C)cc1. The molecule has 1 aliphatic rings. The van der Waals surface area contributed by atoms with Crippen LogP contribution in [0.25, 0.3) is 10.4 Å². The summed E-state index contributed by atoms with van der Waals surface area (Å²) < 4.78 is 11.3. The summed E-state index contributed by atoms with van der Waals surface area (Å²) in [6.07, 6.45) is -0.301. The zero-order valence-electron chi connectivity index (χ0n) is 35.2. The second kappa shape index (κ2) is 20.5. The Bertz CT molecular complexity index is 1940. The van der Waals surface area contributed by atoms with E-state index in [1.165, 1.54) is 4.90 Å². The van der Waals surface area contributed by atoms with Crippen LogP contribution in [0.1, 0.15) is 103 Å². The number of ether oxygens (including phenoxy) is 2. The van der Waals surface area contributed by atoms with Crippen LogP contribution < -0.4 is 26.4 Å². The molecule has 1 aliphatic heterocycles. The third-order valence-corrected chi connectivity index (χ3v) is 11.3. The van der Waals surface area contributed by atoms with Gasteiger partial charge in [-0.25, -0.2) is 9.78 Å². The summed E-state index contributed by atoms with van der Waals surface area (Å²) in [5.74, 6) is -1.33. The third-order valence-electron chi connectivity index (χ3n) is 9.85. The smallest absolute Gasteiger partial charge is 0.407 e. The van der Waals surface area contributed by atoms with Crippen LogP contribution in [0.15, 0.2) is 48.0 Å². The van der Waals surface area contributed by atoms with Crippen molar-refractivity contribution in [1.82, 2.24) is 25.8 Å². The predicted molar refractivity (Wildman–Crippen MR) is 228 cm³/mol. The minimum absolute atomic E-state index is 0.00196. The molecule has 1 fully saturated rings. The molecule has 6 N–H and O–H groups in total. The van der Waals surface area contributed by atoms with Gasteiger partial charge in [0.1, 0.15) is 30.0 Å². The zero-order valence-corrected chi connectivity index (χ0v) is 36.8. The van der Waals surface area contributed by atoms with E-state index in [1.807, 2.05) is 70.5 Å². The topological polar surface area (TPSA) is 202 Å². The number of aromatic nitrogens is 1. The van der Waals surface area contributed by atoms with E-state index in [4.69, 9.17) is 26.8 Å². The molecular formula is C43H59ClN6O8S. The first-order chi connectivity index (χ1) is 27.6. The number of aliphatic hydroxyl groups excluding tert-OH is 1. The van der Waals surface area contributed by atoms with Gasteiger partial charge < -0.3 is 41.2 Å². The number of thiazole rings is 1. The van der Waals surface area contributed by atoms with E-state index >= 15 is 0 Å². The highest BCUT2D eigenvalue weighted by Gasteiger charge is 2.44. The van der Waals surface area contributed by atoms with Crippen molar-refractivity contribution in [2.45, 2.75) is 130 Å². The summed E-state index contributed by atoms with van der Waals surface area (Å²) >= 11 is 8.28. The summed E-state index contributed by atoms with van der Waals surface area (Å²) in [5.41, 5.74) is 9.33. The molecule has 5 amide bonds. The number of likely N-dealkylation sites (tertiary alicyclic amines) is 1. The maximum Gasteiger partial charge on any atom is 0.407 e. The molecule has 2 heterocycles. The van der Waals surface area contributed by atoms with Crippen LogP contribution in [0.5, 0.6) is 5.75 Å². The first-order valence-corrected chi connectivity index (χ1v) is 21.2. The number of β-amino-alcohol motifs (C(OH)–C–C–N with tert-alkyl or cyclic N) is 1. The van der Waals surface area contributed by atoms with Crippen molar-refractivity contribution in [3.8, 4) is 16.2 Å². The summed E-state index contributed by atoms with van der Waals surface area (Å²) in [5, 5.41) is 19.6. The number of nitrogens with one attached hydrogen (secondary N) is 3. The molecule has 0 aliphatic carbocycles.